The number of carbonyl (C=O) groups excluding carboxylic acids is 1. The number of halogens is 2. The van der Waals surface area contributed by atoms with Gasteiger partial charge in [-0.15, -0.1) is 5.10 Å². The maximum atomic E-state index is 13.4. The molecule has 0 bridgehead atoms. The summed E-state index contributed by atoms with van der Waals surface area (Å²) in [6.07, 6.45) is 0. The van der Waals surface area contributed by atoms with Crippen molar-refractivity contribution < 1.29 is 13.9 Å². The second-order valence-electron chi connectivity index (χ2n) is 6.05. The van der Waals surface area contributed by atoms with Crippen LogP contribution in [0.25, 0.3) is 11.0 Å². The number of hydrogen-bond acceptors (Lipinski definition) is 4. The zero-order valence-corrected chi connectivity index (χ0v) is 16.2. The SMILES string of the molecule is Cc1cc(C)c2c(OCC(=O)NCc3cc(F)cc(Br)c3)nn(C)c2n1. The summed E-state index contributed by atoms with van der Waals surface area (Å²) in [5.41, 5.74) is 3.25. The number of nitrogens with one attached hydrogen (secondary N) is 1. The third kappa shape index (κ3) is 4.01. The van der Waals surface area contributed by atoms with Gasteiger partial charge in [-0.3, -0.25) is 4.79 Å². The molecule has 0 aliphatic rings. The molecule has 1 aromatic carbocycles. The van der Waals surface area contributed by atoms with Gasteiger partial charge in [0.15, 0.2) is 12.3 Å². The Morgan fingerprint density at radius 1 is 1.31 bits per heavy atom. The fraction of sp³-hybridized carbons (Fsp3) is 0.278. The van der Waals surface area contributed by atoms with E-state index in [0.29, 0.717) is 21.6 Å². The summed E-state index contributed by atoms with van der Waals surface area (Å²) in [7, 11) is 1.78. The summed E-state index contributed by atoms with van der Waals surface area (Å²) in [4.78, 5) is 16.5. The minimum Gasteiger partial charge on any atom is -0.466 e. The smallest absolute Gasteiger partial charge is 0.258 e. The van der Waals surface area contributed by atoms with E-state index in [4.69, 9.17) is 4.74 Å². The average molecular weight is 421 g/mol. The van der Waals surface area contributed by atoms with Crippen LogP contribution in [-0.2, 0) is 18.4 Å². The molecule has 0 spiro atoms. The molecule has 2 heterocycles. The van der Waals surface area contributed by atoms with Crippen molar-refractivity contribution >= 4 is 32.9 Å². The van der Waals surface area contributed by atoms with Crippen LogP contribution in [0, 0.1) is 19.7 Å². The molecule has 0 aliphatic heterocycles. The van der Waals surface area contributed by atoms with Crippen LogP contribution >= 0.6 is 15.9 Å². The summed E-state index contributed by atoms with van der Waals surface area (Å²) in [6, 6.07) is 6.42. The van der Waals surface area contributed by atoms with Gasteiger partial charge in [-0.25, -0.2) is 14.1 Å². The predicted molar refractivity (Wildman–Crippen MR) is 99.4 cm³/mol. The van der Waals surface area contributed by atoms with E-state index in [1.54, 1.807) is 17.8 Å². The number of benzene rings is 1. The van der Waals surface area contributed by atoms with E-state index in [0.717, 1.165) is 16.6 Å². The minimum absolute atomic E-state index is 0.185. The minimum atomic E-state index is -0.363. The molecule has 6 nitrogen and oxygen atoms in total. The average Bonchev–Trinajstić information content (AvgIpc) is 2.86. The molecule has 3 rings (SSSR count). The van der Waals surface area contributed by atoms with Crippen molar-refractivity contribution in [3.63, 3.8) is 0 Å². The maximum Gasteiger partial charge on any atom is 0.258 e. The zero-order chi connectivity index (χ0) is 18.8. The van der Waals surface area contributed by atoms with Gasteiger partial charge in [0, 0.05) is 23.8 Å². The number of carbonyl (C=O) groups is 1. The van der Waals surface area contributed by atoms with Crippen molar-refractivity contribution in [1.82, 2.24) is 20.1 Å². The van der Waals surface area contributed by atoms with Crippen LogP contribution in [0.15, 0.2) is 28.7 Å². The number of amides is 1. The lowest BCUT2D eigenvalue weighted by atomic mass is 10.2. The monoisotopic (exact) mass is 420 g/mol. The third-order valence-corrected chi connectivity index (χ3v) is 4.30. The van der Waals surface area contributed by atoms with Gasteiger partial charge in [0.25, 0.3) is 5.91 Å². The lowest BCUT2D eigenvalue weighted by Crippen LogP contribution is -2.28. The van der Waals surface area contributed by atoms with Gasteiger partial charge in [-0.2, -0.15) is 0 Å². The van der Waals surface area contributed by atoms with Gasteiger partial charge in [0.2, 0.25) is 5.88 Å². The molecule has 0 unspecified atom stereocenters. The van der Waals surface area contributed by atoms with Crippen molar-refractivity contribution in [3.8, 4) is 5.88 Å². The predicted octanol–water partition coefficient (Wildman–Crippen LogP) is 3.18. The number of hydrogen-bond donors (Lipinski definition) is 1. The molecule has 1 N–H and O–H groups in total. The molecular weight excluding hydrogens is 403 g/mol. The Balaban J connectivity index is 1.65. The van der Waals surface area contributed by atoms with Gasteiger partial charge in [0.1, 0.15) is 5.82 Å². The molecule has 8 heteroatoms. The van der Waals surface area contributed by atoms with Crippen molar-refractivity contribution in [3.05, 3.63) is 51.4 Å². The van der Waals surface area contributed by atoms with Crippen molar-refractivity contribution in [2.75, 3.05) is 6.61 Å². The largest absolute Gasteiger partial charge is 0.466 e. The van der Waals surface area contributed by atoms with Crippen LogP contribution in [0.4, 0.5) is 4.39 Å². The Morgan fingerprint density at radius 2 is 2.08 bits per heavy atom. The van der Waals surface area contributed by atoms with E-state index in [1.807, 2.05) is 19.9 Å². The zero-order valence-electron chi connectivity index (χ0n) is 14.6. The lowest BCUT2D eigenvalue weighted by Gasteiger charge is -2.07. The van der Waals surface area contributed by atoms with Crippen molar-refractivity contribution in [1.29, 1.82) is 0 Å². The topological polar surface area (TPSA) is 69.0 Å². The Morgan fingerprint density at radius 3 is 2.81 bits per heavy atom. The molecule has 0 atom stereocenters. The van der Waals surface area contributed by atoms with E-state index < -0.39 is 0 Å². The van der Waals surface area contributed by atoms with E-state index in [9.17, 15) is 9.18 Å². The molecule has 136 valence electrons. The highest BCUT2D eigenvalue weighted by atomic mass is 79.9. The highest BCUT2D eigenvalue weighted by Gasteiger charge is 2.15. The molecule has 1 amide bonds. The molecule has 0 saturated heterocycles. The molecule has 2 aromatic heterocycles. The van der Waals surface area contributed by atoms with Gasteiger partial charge < -0.3 is 10.1 Å². The Bertz CT molecular complexity index is 967. The fourth-order valence-electron chi connectivity index (χ4n) is 2.75. The van der Waals surface area contributed by atoms with Gasteiger partial charge in [-0.1, -0.05) is 15.9 Å². The summed E-state index contributed by atoms with van der Waals surface area (Å²) in [6.45, 7) is 3.89. The molecule has 0 radical (unpaired) electrons. The van der Waals surface area contributed by atoms with Crippen molar-refractivity contribution in [2.45, 2.75) is 20.4 Å². The summed E-state index contributed by atoms with van der Waals surface area (Å²) in [5.74, 6) is -0.309. The van der Waals surface area contributed by atoms with E-state index >= 15 is 0 Å². The third-order valence-electron chi connectivity index (χ3n) is 3.84. The number of nitrogens with zero attached hydrogens (tertiary/aromatic N) is 3. The Kier molecular flexibility index (Phi) is 5.22. The first kappa shape index (κ1) is 18.3. The van der Waals surface area contributed by atoms with Crippen LogP contribution in [0.2, 0.25) is 0 Å². The Hall–Kier alpha value is -2.48. The van der Waals surface area contributed by atoms with Gasteiger partial charge >= 0.3 is 0 Å². The number of aromatic nitrogens is 3. The summed E-state index contributed by atoms with van der Waals surface area (Å²) < 4.78 is 21.2. The highest BCUT2D eigenvalue weighted by molar-refractivity contribution is 9.10. The van der Waals surface area contributed by atoms with Crippen LogP contribution in [-0.4, -0.2) is 27.3 Å². The molecule has 26 heavy (non-hydrogen) atoms. The first-order chi connectivity index (χ1) is 12.3. The van der Waals surface area contributed by atoms with Crippen LogP contribution in [0.3, 0.4) is 0 Å². The fourth-order valence-corrected chi connectivity index (χ4v) is 3.26. The first-order valence-corrected chi connectivity index (χ1v) is 8.78. The van der Waals surface area contributed by atoms with Crippen LogP contribution < -0.4 is 10.1 Å². The number of fused-ring (bicyclic) bond motifs is 1. The molecule has 0 aliphatic carbocycles. The van der Waals surface area contributed by atoms with Crippen LogP contribution in [0.1, 0.15) is 16.8 Å². The standard InChI is InChI=1S/C18H18BrFN4O2/c1-10-4-11(2)22-17-16(10)18(23-24(17)3)26-9-15(25)21-8-12-5-13(19)7-14(20)6-12/h4-7H,8-9H2,1-3H3,(H,21,25). The molecule has 3 aromatic rings. The number of rotatable bonds is 5. The number of aryl methyl sites for hydroxylation is 3. The normalized spacial score (nSPS) is 11.0. The summed E-state index contributed by atoms with van der Waals surface area (Å²) >= 11 is 3.22. The number of ether oxygens (including phenoxy) is 1. The van der Waals surface area contributed by atoms with E-state index in [1.165, 1.54) is 12.1 Å². The quantitative estimate of drug-likeness (QED) is 0.687. The Labute approximate surface area is 158 Å². The van der Waals surface area contributed by atoms with Crippen molar-refractivity contribution in [2.24, 2.45) is 7.05 Å². The van der Waals surface area contributed by atoms with Gasteiger partial charge in [-0.05, 0) is 49.2 Å². The number of pyridine rings is 1. The van der Waals surface area contributed by atoms with E-state index in [-0.39, 0.29) is 24.9 Å². The molecular formula is C18H18BrFN4O2. The first-order valence-electron chi connectivity index (χ1n) is 7.99. The second kappa shape index (κ2) is 7.41. The highest BCUT2D eigenvalue weighted by Crippen LogP contribution is 2.26. The van der Waals surface area contributed by atoms with Gasteiger partial charge in [0.05, 0.1) is 5.39 Å². The van der Waals surface area contributed by atoms with E-state index in [2.05, 4.69) is 31.3 Å². The van der Waals surface area contributed by atoms with Crippen LogP contribution in [0.5, 0.6) is 5.88 Å². The molecule has 0 saturated carbocycles. The summed E-state index contributed by atoms with van der Waals surface area (Å²) in [5, 5.41) is 7.79. The lowest BCUT2D eigenvalue weighted by molar-refractivity contribution is -0.123. The second-order valence-corrected chi connectivity index (χ2v) is 6.97. The molecule has 0 fully saturated rings. The maximum absolute atomic E-state index is 13.4.